The summed E-state index contributed by atoms with van der Waals surface area (Å²) in [6, 6.07) is 24.6. The Morgan fingerprint density at radius 3 is 2.57 bits per heavy atom. The van der Waals surface area contributed by atoms with E-state index >= 15 is 0 Å². The number of ether oxygens (including phenoxy) is 1. The number of carbonyl (C=O) groups excluding carboxylic acids is 1. The van der Waals surface area contributed by atoms with Gasteiger partial charge in [0.25, 0.3) is 0 Å². The Morgan fingerprint density at radius 1 is 0.971 bits per heavy atom. The molecule has 5 rings (SSSR count). The molecule has 0 atom stereocenters. The van der Waals surface area contributed by atoms with Crippen molar-refractivity contribution in [2.24, 2.45) is 0 Å². The minimum atomic E-state index is 0.145. The van der Waals surface area contributed by atoms with E-state index in [1.807, 2.05) is 43.3 Å². The van der Waals surface area contributed by atoms with Crippen molar-refractivity contribution in [1.29, 1.82) is 0 Å². The van der Waals surface area contributed by atoms with Crippen molar-refractivity contribution in [1.82, 2.24) is 4.98 Å². The third-order valence-electron chi connectivity index (χ3n) is 6.68. The molecule has 0 saturated carbocycles. The number of allylic oxidation sites excluding steroid dienone is 1. The molecule has 0 radical (unpaired) electrons. The van der Waals surface area contributed by atoms with Gasteiger partial charge < -0.3 is 4.74 Å². The second kappa shape index (κ2) is 9.71. The molecule has 0 unspecified atom stereocenters. The molecule has 0 amide bonds. The zero-order valence-electron chi connectivity index (χ0n) is 20.5. The van der Waals surface area contributed by atoms with Crippen LogP contribution < -0.4 is 4.74 Å². The number of Topliss-reactive ketones (excluding diaryl/α,β-unsaturated/α-hetero) is 1. The Bertz CT molecular complexity index is 1430. The normalized spacial score (nSPS) is 12.0. The van der Waals surface area contributed by atoms with Crippen molar-refractivity contribution in [3.63, 3.8) is 0 Å². The zero-order valence-corrected chi connectivity index (χ0v) is 20.5. The van der Waals surface area contributed by atoms with E-state index in [1.54, 1.807) is 7.11 Å². The van der Waals surface area contributed by atoms with Crippen LogP contribution >= 0.6 is 0 Å². The second-order valence-corrected chi connectivity index (χ2v) is 9.26. The molecule has 0 N–H and O–H groups in total. The second-order valence-electron chi connectivity index (χ2n) is 9.26. The Kier molecular flexibility index (Phi) is 6.33. The molecule has 35 heavy (non-hydrogen) atoms. The predicted octanol–water partition coefficient (Wildman–Crippen LogP) is 6.96. The van der Waals surface area contributed by atoms with Gasteiger partial charge in [0, 0.05) is 36.1 Å². The number of ketones is 1. The average Bonchev–Trinajstić information content (AvgIpc) is 3.34. The van der Waals surface area contributed by atoms with Gasteiger partial charge in [0.2, 0.25) is 0 Å². The first-order valence-corrected chi connectivity index (χ1v) is 12.0. The third kappa shape index (κ3) is 4.95. The first-order valence-electron chi connectivity index (χ1n) is 12.0. The van der Waals surface area contributed by atoms with Gasteiger partial charge >= 0.3 is 0 Å². The highest BCUT2D eigenvalue weighted by Crippen LogP contribution is 2.33. The lowest BCUT2D eigenvalue weighted by molar-refractivity contribution is 0.0993. The minimum Gasteiger partial charge on any atom is -0.497 e. The van der Waals surface area contributed by atoms with Gasteiger partial charge in [-0.2, -0.15) is 0 Å². The Labute approximate surface area is 207 Å². The van der Waals surface area contributed by atoms with Crippen molar-refractivity contribution in [2.75, 3.05) is 7.11 Å². The lowest BCUT2D eigenvalue weighted by Gasteiger charge is -2.14. The Morgan fingerprint density at radius 2 is 1.80 bits per heavy atom. The molecule has 1 aliphatic rings. The molecule has 1 heterocycles. The van der Waals surface area contributed by atoms with Gasteiger partial charge in [-0.05, 0) is 65.9 Å². The fourth-order valence-electron chi connectivity index (χ4n) is 4.72. The molecule has 3 nitrogen and oxygen atoms in total. The Balaban J connectivity index is 1.43. The van der Waals surface area contributed by atoms with Gasteiger partial charge in [0.05, 0.1) is 12.8 Å². The molecule has 3 aromatic carbocycles. The van der Waals surface area contributed by atoms with Gasteiger partial charge in [-0.3, -0.25) is 9.78 Å². The topological polar surface area (TPSA) is 39.2 Å². The highest BCUT2D eigenvalue weighted by Gasteiger charge is 2.16. The highest BCUT2D eigenvalue weighted by molar-refractivity contribution is 5.97. The molecule has 4 aromatic rings. The summed E-state index contributed by atoms with van der Waals surface area (Å²) in [5, 5.41) is 0. The lowest BCUT2D eigenvalue weighted by Crippen LogP contribution is -2.05. The van der Waals surface area contributed by atoms with Gasteiger partial charge in [-0.1, -0.05) is 66.2 Å². The summed E-state index contributed by atoms with van der Waals surface area (Å²) in [6.45, 7) is 4.14. The van der Waals surface area contributed by atoms with E-state index in [1.165, 1.54) is 22.3 Å². The monoisotopic (exact) mass is 459 g/mol. The standard InChI is InChI=1S/C32H29NO2/c1-21-6-4-7-25(16-21)32(34)18-23-11-10-22(2)26(17-23)19-27-20-30(29-8-5-9-31(29)33-27)24-12-14-28(35-3)15-13-24/h4-8,10-17,20H,9,18-19H2,1-3H3. The number of hydrogen-bond donors (Lipinski definition) is 0. The minimum absolute atomic E-state index is 0.145. The smallest absolute Gasteiger partial charge is 0.167 e. The number of benzene rings is 3. The SMILES string of the molecule is COc1ccc(-c2cc(Cc3cc(CC(=O)c4cccc(C)c4)ccc3C)nc3c2C=CC3)cc1. The number of nitrogens with zero attached hydrogens (tertiary/aromatic N) is 1. The fraction of sp³-hybridized carbons (Fsp3) is 0.188. The lowest BCUT2D eigenvalue weighted by atomic mass is 9.94. The summed E-state index contributed by atoms with van der Waals surface area (Å²) < 4.78 is 5.34. The van der Waals surface area contributed by atoms with Gasteiger partial charge in [-0.25, -0.2) is 0 Å². The number of hydrogen-bond acceptors (Lipinski definition) is 3. The summed E-state index contributed by atoms with van der Waals surface area (Å²) in [6.07, 6.45) is 6.34. The van der Waals surface area contributed by atoms with E-state index in [0.717, 1.165) is 52.2 Å². The van der Waals surface area contributed by atoms with Crippen molar-refractivity contribution in [2.45, 2.75) is 33.1 Å². The maximum absolute atomic E-state index is 12.9. The van der Waals surface area contributed by atoms with E-state index in [4.69, 9.17) is 9.72 Å². The number of carbonyl (C=O) groups is 1. The van der Waals surface area contributed by atoms with E-state index in [2.05, 4.69) is 55.5 Å². The van der Waals surface area contributed by atoms with Crippen LogP contribution in [0.2, 0.25) is 0 Å². The maximum atomic E-state index is 12.9. The summed E-state index contributed by atoms with van der Waals surface area (Å²) in [5.41, 5.74) is 11.1. The number of aromatic nitrogens is 1. The molecule has 174 valence electrons. The Hall–Kier alpha value is -3.98. The average molecular weight is 460 g/mol. The van der Waals surface area contributed by atoms with Crippen LogP contribution in [0.3, 0.4) is 0 Å². The highest BCUT2D eigenvalue weighted by atomic mass is 16.5. The number of rotatable bonds is 7. The predicted molar refractivity (Wildman–Crippen MR) is 142 cm³/mol. The maximum Gasteiger partial charge on any atom is 0.167 e. The number of fused-ring (bicyclic) bond motifs is 1. The molecule has 0 saturated heterocycles. The molecule has 0 spiro atoms. The summed E-state index contributed by atoms with van der Waals surface area (Å²) in [5.74, 6) is 0.995. The first kappa shape index (κ1) is 22.8. The van der Waals surface area contributed by atoms with Crippen molar-refractivity contribution < 1.29 is 9.53 Å². The molecular weight excluding hydrogens is 430 g/mol. The zero-order chi connectivity index (χ0) is 24.4. The third-order valence-corrected chi connectivity index (χ3v) is 6.68. The van der Waals surface area contributed by atoms with E-state index in [9.17, 15) is 4.79 Å². The molecular formula is C32H29NO2. The van der Waals surface area contributed by atoms with Crippen LogP contribution in [0, 0.1) is 13.8 Å². The summed E-state index contributed by atoms with van der Waals surface area (Å²) in [4.78, 5) is 17.9. The van der Waals surface area contributed by atoms with Crippen LogP contribution in [0.1, 0.15) is 49.6 Å². The molecule has 0 bridgehead atoms. The quantitative estimate of drug-likeness (QED) is 0.280. The molecule has 1 aliphatic carbocycles. The van der Waals surface area contributed by atoms with Crippen LogP contribution in [0.25, 0.3) is 17.2 Å². The van der Waals surface area contributed by atoms with E-state index < -0.39 is 0 Å². The number of methoxy groups -OCH3 is 1. The molecule has 0 aliphatic heterocycles. The molecule has 0 fully saturated rings. The largest absolute Gasteiger partial charge is 0.497 e. The van der Waals surface area contributed by atoms with Gasteiger partial charge in [0.1, 0.15) is 5.75 Å². The fourth-order valence-corrected chi connectivity index (χ4v) is 4.72. The van der Waals surface area contributed by atoms with E-state index in [0.29, 0.717) is 6.42 Å². The van der Waals surface area contributed by atoms with Gasteiger partial charge in [-0.15, -0.1) is 0 Å². The number of pyridine rings is 1. The van der Waals surface area contributed by atoms with Crippen molar-refractivity contribution in [3.05, 3.63) is 124 Å². The van der Waals surface area contributed by atoms with Gasteiger partial charge in [0.15, 0.2) is 5.78 Å². The summed E-state index contributed by atoms with van der Waals surface area (Å²) in [7, 11) is 1.69. The molecule has 3 heteroatoms. The van der Waals surface area contributed by atoms with Crippen molar-refractivity contribution in [3.8, 4) is 16.9 Å². The number of aryl methyl sites for hydroxylation is 2. The van der Waals surface area contributed by atoms with E-state index in [-0.39, 0.29) is 5.78 Å². The van der Waals surface area contributed by atoms with Crippen LogP contribution in [0.4, 0.5) is 0 Å². The summed E-state index contributed by atoms with van der Waals surface area (Å²) >= 11 is 0. The first-order chi connectivity index (χ1) is 17.0. The van der Waals surface area contributed by atoms with Crippen molar-refractivity contribution >= 4 is 11.9 Å². The van der Waals surface area contributed by atoms with Crippen LogP contribution in [-0.4, -0.2) is 17.9 Å². The van der Waals surface area contributed by atoms with Crippen LogP contribution in [0.5, 0.6) is 5.75 Å². The van der Waals surface area contributed by atoms with Crippen LogP contribution in [0.15, 0.2) is 78.9 Å². The molecule has 1 aromatic heterocycles. The van der Waals surface area contributed by atoms with Crippen LogP contribution in [-0.2, 0) is 19.3 Å².